The van der Waals surface area contributed by atoms with Crippen molar-refractivity contribution in [3.63, 3.8) is 0 Å². The zero-order chi connectivity index (χ0) is 13.2. The van der Waals surface area contributed by atoms with E-state index in [9.17, 15) is 0 Å². The summed E-state index contributed by atoms with van der Waals surface area (Å²) in [5, 5.41) is 0. The van der Waals surface area contributed by atoms with Crippen LogP contribution in [0.5, 0.6) is 0 Å². The van der Waals surface area contributed by atoms with Crippen LogP contribution in [0.4, 0.5) is 11.4 Å². The van der Waals surface area contributed by atoms with E-state index in [-0.39, 0.29) is 0 Å². The molecule has 0 saturated heterocycles. The topological polar surface area (TPSA) is 55.3 Å². The van der Waals surface area contributed by atoms with E-state index in [0.717, 1.165) is 34.6 Å². The maximum absolute atomic E-state index is 5.98. The highest BCUT2D eigenvalue weighted by Gasteiger charge is 2.07. The minimum atomic E-state index is 0.769. The van der Waals surface area contributed by atoms with Crippen LogP contribution in [0, 0.1) is 0 Å². The number of para-hydroxylation sites is 2. The second-order valence-corrected chi connectivity index (χ2v) is 4.57. The lowest BCUT2D eigenvalue weighted by atomic mass is 10.2. The van der Waals surface area contributed by atoms with Crippen molar-refractivity contribution < 1.29 is 4.42 Å². The van der Waals surface area contributed by atoms with Gasteiger partial charge in [-0.3, -0.25) is 0 Å². The van der Waals surface area contributed by atoms with Gasteiger partial charge in [-0.1, -0.05) is 18.2 Å². The van der Waals surface area contributed by atoms with Crippen molar-refractivity contribution in [2.24, 2.45) is 0 Å². The zero-order valence-corrected chi connectivity index (χ0v) is 10.7. The molecular formula is C15H15N3O. The van der Waals surface area contributed by atoms with Gasteiger partial charge in [-0.15, -0.1) is 0 Å². The summed E-state index contributed by atoms with van der Waals surface area (Å²) in [4.78, 5) is 6.23. The van der Waals surface area contributed by atoms with Gasteiger partial charge in [0.05, 0.1) is 11.4 Å². The van der Waals surface area contributed by atoms with E-state index in [4.69, 9.17) is 10.2 Å². The standard InChI is InChI=1S/C15H15N3O/c1-18(14-5-3-2-4-12(14)16)9-11-6-7-13-15(8-11)19-10-17-13/h2-8,10H,9,16H2,1H3. The number of fused-ring (bicyclic) bond motifs is 1. The molecule has 0 saturated carbocycles. The Hall–Kier alpha value is -2.49. The maximum Gasteiger partial charge on any atom is 0.181 e. The first kappa shape index (κ1) is 11.6. The van der Waals surface area contributed by atoms with Crippen LogP contribution in [0.2, 0.25) is 0 Å². The van der Waals surface area contributed by atoms with E-state index in [0.29, 0.717) is 0 Å². The van der Waals surface area contributed by atoms with Crippen molar-refractivity contribution in [2.75, 3.05) is 17.7 Å². The SMILES string of the molecule is CN(Cc1ccc2ncoc2c1)c1ccccc1N. The van der Waals surface area contributed by atoms with Crippen LogP contribution >= 0.6 is 0 Å². The lowest BCUT2D eigenvalue weighted by Crippen LogP contribution is -2.17. The largest absolute Gasteiger partial charge is 0.443 e. The Morgan fingerprint density at radius 2 is 2.05 bits per heavy atom. The minimum Gasteiger partial charge on any atom is -0.443 e. The molecule has 96 valence electrons. The van der Waals surface area contributed by atoms with E-state index < -0.39 is 0 Å². The average molecular weight is 253 g/mol. The molecule has 1 heterocycles. The number of benzene rings is 2. The van der Waals surface area contributed by atoms with Crippen LogP contribution in [0.1, 0.15) is 5.56 Å². The van der Waals surface area contributed by atoms with Crippen LogP contribution < -0.4 is 10.6 Å². The molecule has 0 aliphatic heterocycles. The molecule has 0 fully saturated rings. The van der Waals surface area contributed by atoms with Gasteiger partial charge in [0.15, 0.2) is 12.0 Å². The molecular weight excluding hydrogens is 238 g/mol. The Balaban J connectivity index is 1.86. The Kier molecular flexibility index (Phi) is 2.83. The number of hydrogen-bond donors (Lipinski definition) is 1. The Labute approximate surface area is 111 Å². The van der Waals surface area contributed by atoms with Crippen LogP contribution in [0.15, 0.2) is 53.3 Å². The second kappa shape index (κ2) is 4.65. The minimum absolute atomic E-state index is 0.769. The fourth-order valence-corrected chi connectivity index (χ4v) is 2.19. The molecule has 4 heteroatoms. The monoisotopic (exact) mass is 253 g/mol. The van der Waals surface area contributed by atoms with E-state index in [2.05, 4.69) is 16.0 Å². The highest BCUT2D eigenvalue weighted by atomic mass is 16.3. The van der Waals surface area contributed by atoms with Gasteiger partial charge in [0, 0.05) is 13.6 Å². The van der Waals surface area contributed by atoms with E-state index in [1.165, 1.54) is 6.39 Å². The molecule has 0 spiro atoms. The van der Waals surface area contributed by atoms with Gasteiger partial charge in [-0.25, -0.2) is 4.98 Å². The zero-order valence-electron chi connectivity index (χ0n) is 10.7. The smallest absolute Gasteiger partial charge is 0.181 e. The van der Waals surface area contributed by atoms with Gasteiger partial charge in [0.2, 0.25) is 0 Å². The molecule has 1 aromatic heterocycles. The third kappa shape index (κ3) is 2.25. The van der Waals surface area contributed by atoms with Crippen molar-refractivity contribution >= 4 is 22.5 Å². The van der Waals surface area contributed by atoms with Gasteiger partial charge < -0.3 is 15.1 Å². The summed E-state index contributed by atoms with van der Waals surface area (Å²) in [6, 6.07) is 13.9. The summed E-state index contributed by atoms with van der Waals surface area (Å²) in [5.74, 6) is 0. The van der Waals surface area contributed by atoms with Gasteiger partial charge in [-0.05, 0) is 29.8 Å². The van der Waals surface area contributed by atoms with Crippen LogP contribution in [-0.4, -0.2) is 12.0 Å². The average Bonchev–Trinajstić information content (AvgIpc) is 2.86. The highest BCUT2D eigenvalue weighted by molar-refractivity contribution is 5.73. The molecule has 0 radical (unpaired) electrons. The Morgan fingerprint density at radius 1 is 1.21 bits per heavy atom. The summed E-state index contributed by atoms with van der Waals surface area (Å²) in [6.07, 6.45) is 1.47. The summed E-state index contributed by atoms with van der Waals surface area (Å²) < 4.78 is 5.32. The van der Waals surface area contributed by atoms with E-state index >= 15 is 0 Å². The second-order valence-electron chi connectivity index (χ2n) is 4.57. The lowest BCUT2D eigenvalue weighted by Gasteiger charge is -2.21. The number of nitrogens with zero attached hydrogens (tertiary/aromatic N) is 2. The van der Waals surface area contributed by atoms with Crippen LogP contribution in [-0.2, 0) is 6.54 Å². The highest BCUT2D eigenvalue weighted by Crippen LogP contribution is 2.23. The molecule has 2 N–H and O–H groups in total. The fraction of sp³-hybridized carbons (Fsp3) is 0.133. The molecule has 0 unspecified atom stereocenters. The molecule has 0 aliphatic carbocycles. The Bertz CT molecular complexity index is 705. The van der Waals surface area contributed by atoms with Gasteiger partial charge in [-0.2, -0.15) is 0 Å². The molecule has 0 atom stereocenters. The molecule has 4 nitrogen and oxygen atoms in total. The molecule has 19 heavy (non-hydrogen) atoms. The van der Waals surface area contributed by atoms with Crippen molar-refractivity contribution in [1.82, 2.24) is 4.98 Å². The molecule has 3 rings (SSSR count). The van der Waals surface area contributed by atoms with Crippen molar-refractivity contribution in [3.05, 3.63) is 54.4 Å². The molecule has 0 bridgehead atoms. The number of anilines is 2. The first-order valence-electron chi connectivity index (χ1n) is 6.12. The lowest BCUT2D eigenvalue weighted by molar-refractivity contribution is 0.601. The quantitative estimate of drug-likeness (QED) is 0.729. The third-order valence-electron chi connectivity index (χ3n) is 3.16. The maximum atomic E-state index is 5.98. The summed E-state index contributed by atoms with van der Waals surface area (Å²) in [5.41, 5.74) is 10.6. The first-order chi connectivity index (χ1) is 9.24. The summed E-state index contributed by atoms with van der Waals surface area (Å²) in [6.45, 7) is 0.769. The van der Waals surface area contributed by atoms with E-state index in [1.54, 1.807) is 0 Å². The Morgan fingerprint density at radius 3 is 2.89 bits per heavy atom. The summed E-state index contributed by atoms with van der Waals surface area (Å²) >= 11 is 0. The number of oxazole rings is 1. The predicted molar refractivity (Wildman–Crippen MR) is 77.0 cm³/mol. The number of nitrogens with two attached hydrogens (primary N) is 1. The summed E-state index contributed by atoms with van der Waals surface area (Å²) in [7, 11) is 2.02. The number of aromatic nitrogens is 1. The van der Waals surface area contributed by atoms with Crippen LogP contribution in [0.25, 0.3) is 11.1 Å². The molecule has 3 aromatic rings. The van der Waals surface area contributed by atoms with Gasteiger partial charge >= 0.3 is 0 Å². The number of rotatable bonds is 3. The molecule has 0 aliphatic rings. The number of nitrogen functional groups attached to an aromatic ring is 1. The van der Waals surface area contributed by atoms with Crippen molar-refractivity contribution in [3.8, 4) is 0 Å². The van der Waals surface area contributed by atoms with Gasteiger partial charge in [0.1, 0.15) is 5.52 Å². The van der Waals surface area contributed by atoms with E-state index in [1.807, 2.05) is 43.4 Å². The van der Waals surface area contributed by atoms with Crippen molar-refractivity contribution in [2.45, 2.75) is 6.54 Å². The van der Waals surface area contributed by atoms with Crippen LogP contribution in [0.3, 0.4) is 0 Å². The predicted octanol–water partition coefficient (Wildman–Crippen LogP) is 3.05. The third-order valence-corrected chi connectivity index (χ3v) is 3.16. The van der Waals surface area contributed by atoms with Crippen molar-refractivity contribution in [1.29, 1.82) is 0 Å². The molecule has 2 aromatic carbocycles. The normalized spacial score (nSPS) is 10.8. The van der Waals surface area contributed by atoms with Gasteiger partial charge in [0.25, 0.3) is 0 Å². The molecule has 0 amide bonds. The first-order valence-corrected chi connectivity index (χ1v) is 6.12. The fourth-order valence-electron chi connectivity index (χ4n) is 2.19. The number of hydrogen-bond acceptors (Lipinski definition) is 4.